The molecule has 0 aliphatic rings. The number of ether oxygens (including phenoxy) is 2. The van der Waals surface area contributed by atoms with Crippen LogP contribution >= 0.6 is 46.1 Å². The van der Waals surface area contributed by atoms with Gasteiger partial charge in [0.05, 0.1) is 22.1 Å². The predicted octanol–water partition coefficient (Wildman–Crippen LogP) is 6.46. The summed E-state index contributed by atoms with van der Waals surface area (Å²) < 4.78 is 10.6. The Morgan fingerprint density at radius 2 is 1.65 bits per heavy atom. The summed E-state index contributed by atoms with van der Waals surface area (Å²) in [7, 11) is 0. The number of anilines is 2. The molecule has 0 aliphatic heterocycles. The number of rotatable bonds is 8. The third-order valence-electron chi connectivity index (χ3n) is 4.44. The van der Waals surface area contributed by atoms with Crippen molar-refractivity contribution in [3.63, 3.8) is 0 Å². The van der Waals surface area contributed by atoms with Crippen molar-refractivity contribution in [2.24, 2.45) is 0 Å². The van der Waals surface area contributed by atoms with E-state index in [4.69, 9.17) is 44.3 Å². The van der Waals surface area contributed by atoms with E-state index in [-0.39, 0.29) is 39.4 Å². The topological polar surface area (TPSA) is 93.7 Å². The van der Waals surface area contributed by atoms with Gasteiger partial charge in [0.25, 0.3) is 11.8 Å². The van der Waals surface area contributed by atoms with Crippen LogP contribution < -0.4 is 15.4 Å². The first-order valence-corrected chi connectivity index (χ1v) is 11.9. The molecule has 0 aliphatic carbocycles. The minimum absolute atomic E-state index is 0.103. The van der Waals surface area contributed by atoms with Crippen LogP contribution in [-0.2, 0) is 9.53 Å². The molecule has 0 unspecified atom stereocenters. The summed E-state index contributed by atoms with van der Waals surface area (Å²) in [4.78, 5) is 38.3. The van der Waals surface area contributed by atoms with E-state index in [0.717, 1.165) is 11.3 Å². The average molecular weight is 542 g/mol. The van der Waals surface area contributed by atoms with E-state index in [2.05, 4.69) is 10.6 Å². The largest absolute Gasteiger partial charge is 0.482 e. The number of hydrogen-bond acceptors (Lipinski definition) is 6. The molecule has 7 nitrogen and oxygen atoms in total. The van der Waals surface area contributed by atoms with Gasteiger partial charge < -0.3 is 20.1 Å². The summed E-state index contributed by atoms with van der Waals surface area (Å²) >= 11 is 18.8. The van der Waals surface area contributed by atoms with Gasteiger partial charge in [0, 0.05) is 15.7 Å². The first-order chi connectivity index (χ1) is 16.2. The van der Waals surface area contributed by atoms with Crippen molar-refractivity contribution in [3.05, 3.63) is 73.5 Å². The lowest BCUT2D eigenvalue weighted by Crippen LogP contribution is -2.21. The molecule has 0 spiro atoms. The molecule has 0 radical (unpaired) electrons. The molecule has 2 amide bonds. The smallest absolute Gasteiger partial charge is 0.341 e. The molecule has 1 heterocycles. The van der Waals surface area contributed by atoms with E-state index in [1.807, 2.05) is 0 Å². The Kier molecular flexibility index (Phi) is 8.79. The molecule has 1 aromatic heterocycles. The number of esters is 1. The van der Waals surface area contributed by atoms with Crippen LogP contribution in [0.3, 0.4) is 0 Å². The summed E-state index contributed by atoms with van der Waals surface area (Å²) in [5, 5.41) is 6.76. The van der Waals surface area contributed by atoms with Crippen LogP contribution in [0.5, 0.6) is 5.75 Å². The fourth-order valence-electron chi connectivity index (χ4n) is 2.89. The maximum atomic E-state index is 12.9. The molecule has 0 atom stereocenters. The third kappa shape index (κ3) is 6.42. The van der Waals surface area contributed by atoms with Crippen LogP contribution in [0.4, 0.5) is 10.7 Å². The SMILES string of the molecule is CCOC(=O)c1c(NC(=O)COc2ccc(Cl)cc2Cl)sc(C(=O)Nc2ccc(Cl)cc2)c1C. The molecular weight excluding hydrogens is 523 g/mol. The van der Waals surface area contributed by atoms with Crippen LogP contribution in [0.1, 0.15) is 32.5 Å². The first kappa shape index (κ1) is 25.8. The summed E-state index contributed by atoms with van der Waals surface area (Å²) in [6.07, 6.45) is 0. The highest BCUT2D eigenvalue weighted by Crippen LogP contribution is 2.34. The highest BCUT2D eigenvalue weighted by Gasteiger charge is 2.27. The lowest BCUT2D eigenvalue weighted by Gasteiger charge is -2.09. The minimum Gasteiger partial charge on any atom is -0.482 e. The van der Waals surface area contributed by atoms with Gasteiger partial charge >= 0.3 is 5.97 Å². The summed E-state index contributed by atoms with van der Waals surface area (Å²) in [5.74, 6) is -1.38. The Labute approximate surface area is 214 Å². The Hall–Kier alpha value is -2.78. The second-order valence-electron chi connectivity index (χ2n) is 6.85. The van der Waals surface area contributed by atoms with Gasteiger partial charge in [-0.05, 0) is 61.9 Å². The number of halogens is 3. The Morgan fingerprint density at radius 1 is 0.971 bits per heavy atom. The van der Waals surface area contributed by atoms with Crippen molar-refractivity contribution < 1.29 is 23.9 Å². The number of carbonyl (C=O) groups excluding carboxylic acids is 3. The van der Waals surface area contributed by atoms with Crippen LogP contribution in [0.25, 0.3) is 0 Å². The molecule has 3 rings (SSSR count). The molecule has 34 heavy (non-hydrogen) atoms. The number of carbonyl (C=O) groups is 3. The van der Waals surface area contributed by atoms with Crippen LogP contribution in [-0.4, -0.2) is 31.0 Å². The fraction of sp³-hybridized carbons (Fsp3) is 0.174. The van der Waals surface area contributed by atoms with Gasteiger partial charge in [-0.2, -0.15) is 0 Å². The summed E-state index contributed by atoms with van der Waals surface area (Å²) in [5.41, 5.74) is 1.01. The third-order valence-corrected chi connectivity index (χ3v) is 6.43. The number of thiophene rings is 1. The van der Waals surface area contributed by atoms with E-state index in [0.29, 0.717) is 21.3 Å². The van der Waals surface area contributed by atoms with Crippen LogP contribution in [0.2, 0.25) is 15.1 Å². The van der Waals surface area contributed by atoms with Crippen molar-refractivity contribution in [1.82, 2.24) is 0 Å². The lowest BCUT2D eigenvalue weighted by molar-refractivity contribution is -0.118. The van der Waals surface area contributed by atoms with Gasteiger partial charge in [-0.3, -0.25) is 9.59 Å². The van der Waals surface area contributed by atoms with Crippen LogP contribution in [0, 0.1) is 6.92 Å². The summed E-state index contributed by atoms with van der Waals surface area (Å²) in [6.45, 7) is 3.02. The van der Waals surface area contributed by atoms with Gasteiger partial charge in [0.15, 0.2) is 6.61 Å². The standard InChI is InChI=1S/C23H19Cl3N2O5S/c1-3-32-23(31)19-12(2)20(21(30)27-15-7-4-13(24)5-8-15)34-22(19)28-18(29)11-33-17-9-6-14(25)10-16(17)26/h4-10H,3,11H2,1-2H3,(H,27,30)(H,28,29). The number of benzene rings is 2. The zero-order chi connectivity index (χ0) is 24.8. The predicted molar refractivity (Wildman–Crippen MR) is 135 cm³/mol. The van der Waals surface area contributed by atoms with Crippen molar-refractivity contribution in [2.75, 3.05) is 23.8 Å². The number of amides is 2. The second-order valence-corrected chi connectivity index (χ2v) is 9.15. The highest BCUT2D eigenvalue weighted by molar-refractivity contribution is 7.19. The molecule has 11 heteroatoms. The molecule has 0 saturated heterocycles. The molecule has 178 valence electrons. The van der Waals surface area contributed by atoms with Gasteiger partial charge in [-0.15, -0.1) is 11.3 Å². The maximum Gasteiger partial charge on any atom is 0.341 e. The molecule has 0 fully saturated rings. The van der Waals surface area contributed by atoms with E-state index in [9.17, 15) is 14.4 Å². The molecule has 0 saturated carbocycles. The molecule has 2 aromatic carbocycles. The minimum atomic E-state index is -0.654. The lowest BCUT2D eigenvalue weighted by atomic mass is 10.1. The summed E-state index contributed by atoms with van der Waals surface area (Å²) in [6, 6.07) is 11.2. The van der Waals surface area contributed by atoms with E-state index in [1.54, 1.807) is 44.2 Å². The Balaban J connectivity index is 1.80. The Morgan fingerprint density at radius 3 is 2.29 bits per heavy atom. The van der Waals surface area contributed by atoms with Crippen molar-refractivity contribution in [3.8, 4) is 5.75 Å². The van der Waals surface area contributed by atoms with Crippen molar-refractivity contribution in [2.45, 2.75) is 13.8 Å². The van der Waals surface area contributed by atoms with E-state index >= 15 is 0 Å². The quantitative estimate of drug-likeness (QED) is 0.319. The Bertz CT molecular complexity index is 1230. The van der Waals surface area contributed by atoms with E-state index < -0.39 is 17.8 Å². The van der Waals surface area contributed by atoms with Crippen molar-refractivity contribution >= 4 is 74.6 Å². The maximum absolute atomic E-state index is 12.9. The van der Waals surface area contributed by atoms with Gasteiger partial charge in [-0.25, -0.2) is 4.79 Å². The zero-order valence-corrected chi connectivity index (χ0v) is 21.1. The normalized spacial score (nSPS) is 10.5. The fourth-order valence-corrected chi connectivity index (χ4v) is 4.58. The number of nitrogens with one attached hydrogen (secondary N) is 2. The monoisotopic (exact) mass is 540 g/mol. The molecule has 3 aromatic rings. The van der Waals surface area contributed by atoms with Crippen molar-refractivity contribution in [1.29, 1.82) is 0 Å². The zero-order valence-electron chi connectivity index (χ0n) is 18.0. The molecular formula is C23H19Cl3N2O5S. The molecule has 2 N–H and O–H groups in total. The van der Waals surface area contributed by atoms with E-state index in [1.165, 1.54) is 12.1 Å². The number of hydrogen-bond donors (Lipinski definition) is 2. The molecule has 0 bridgehead atoms. The first-order valence-electron chi connectivity index (χ1n) is 9.94. The van der Waals surface area contributed by atoms with Gasteiger partial charge in [0.2, 0.25) is 0 Å². The van der Waals surface area contributed by atoms with Crippen LogP contribution in [0.15, 0.2) is 42.5 Å². The average Bonchev–Trinajstić information content (AvgIpc) is 3.10. The van der Waals surface area contributed by atoms with Gasteiger partial charge in [0.1, 0.15) is 10.8 Å². The van der Waals surface area contributed by atoms with Gasteiger partial charge in [-0.1, -0.05) is 34.8 Å². The second kappa shape index (κ2) is 11.6. The highest BCUT2D eigenvalue weighted by atomic mass is 35.5.